The molecule has 21 heavy (non-hydrogen) atoms. The minimum absolute atomic E-state index is 0.0397. The van der Waals surface area contributed by atoms with Gasteiger partial charge in [-0.15, -0.1) is 0 Å². The molecule has 1 atom stereocenters. The van der Waals surface area contributed by atoms with Gasteiger partial charge in [-0.2, -0.15) is 13.2 Å². The van der Waals surface area contributed by atoms with Crippen LogP contribution in [-0.2, 0) is 4.79 Å². The van der Waals surface area contributed by atoms with Crippen LogP contribution in [0.4, 0.5) is 13.2 Å². The molecule has 126 valence electrons. The van der Waals surface area contributed by atoms with Crippen molar-refractivity contribution in [1.29, 1.82) is 0 Å². The van der Waals surface area contributed by atoms with Crippen LogP contribution in [0.1, 0.15) is 40.0 Å². The molecule has 0 saturated carbocycles. The van der Waals surface area contributed by atoms with Crippen molar-refractivity contribution in [2.75, 3.05) is 26.2 Å². The summed E-state index contributed by atoms with van der Waals surface area (Å²) in [6.07, 6.45) is -3.18. The van der Waals surface area contributed by atoms with E-state index in [1.54, 1.807) is 0 Å². The van der Waals surface area contributed by atoms with E-state index < -0.39 is 25.2 Å². The number of halogens is 3. The Bertz CT molecular complexity index is 314. The van der Waals surface area contributed by atoms with Crippen LogP contribution in [-0.4, -0.2) is 48.3 Å². The predicted octanol–water partition coefficient (Wildman–Crippen LogP) is 2.16. The van der Waals surface area contributed by atoms with Gasteiger partial charge in [0.25, 0.3) is 0 Å². The third-order valence-corrected chi connectivity index (χ3v) is 3.54. The average molecular weight is 312 g/mol. The van der Waals surface area contributed by atoms with Crippen LogP contribution in [0.3, 0.4) is 0 Å². The summed E-state index contributed by atoms with van der Waals surface area (Å²) in [6.45, 7) is 4.47. The Morgan fingerprint density at radius 1 is 1.24 bits per heavy atom. The molecule has 0 aliphatic carbocycles. The molecule has 0 rings (SSSR count). The fourth-order valence-corrected chi connectivity index (χ4v) is 2.30. The van der Waals surface area contributed by atoms with E-state index in [-0.39, 0.29) is 24.3 Å². The van der Waals surface area contributed by atoms with Crippen LogP contribution in [0.5, 0.6) is 0 Å². The molecule has 1 amide bonds. The molecule has 0 spiro atoms. The molecular weight excluding hydrogens is 285 g/mol. The first kappa shape index (κ1) is 20.2. The minimum Gasteiger partial charge on any atom is -0.395 e. The first-order valence-electron chi connectivity index (χ1n) is 7.16. The molecular formula is C14H27F3N2O2. The monoisotopic (exact) mass is 312 g/mol. The quantitative estimate of drug-likeness (QED) is 0.722. The number of nitrogens with zero attached hydrogens (tertiary/aromatic N) is 1. The van der Waals surface area contributed by atoms with E-state index >= 15 is 0 Å². The first-order chi connectivity index (χ1) is 9.51. The lowest BCUT2D eigenvalue weighted by molar-refractivity contribution is -0.162. The van der Waals surface area contributed by atoms with Gasteiger partial charge < -0.3 is 15.7 Å². The van der Waals surface area contributed by atoms with Gasteiger partial charge in [-0.3, -0.25) is 4.79 Å². The molecule has 7 heteroatoms. The summed E-state index contributed by atoms with van der Waals surface area (Å²) >= 11 is 0. The smallest absolute Gasteiger partial charge is 0.395 e. The van der Waals surface area contributed by atoms with E-state index in [9.17, 15) is 18.0 Å². The van der Waals surface area contributed by atoms with Gasteiger partial charge in [0.1, 0.15) is 6.54 Å². The third-order valence-electron chi connectivity index (χ3n) is 3.54. The maximum absolute atomic E-state index is 12.4. The fourth-order valence-electron chi connectivity index (χ4n) is 2.30. The Morgan fingerprint density at radius 2 is 1.81 bits per heavy atom. The van der Waals surface area contributed by atoms with Crippen LogP contribution >= 0.6 is 0 Å². The Morgan fingerprint density at radius 3 is 2.19 bits per heavy atom. The second-order valence-corrected chi connectivity index (χ2v) is 6.33. The third kappa shape index (κ3) is 8.93. The van der Waals surface area contributed by atoms with Gasteiger partial charge in [0, 0.05) is 13.0 Å². The second kappa shape index (κ2) is 8.58. The highest BCUT2D eigenvalue weighted by Gasteiger charge is 2.33. The summed E-state index contributed by atoms with van der Waals surface area (Å²) in [5, 5.41) is 8.80. The SMILES string of the molecule is CC(C)(C)C(CCN)CCC(=O)N(CCO)CC(F)(F)F. The van der Waals surface area contributed by atoms with E-state index in [1.165, 1.54) is 0 Å². The number of hydrogen-bond donors (Lipinski definition) is 2. The molecule has 0 aliphatic heterocycles. The lowest BCUT2D eigenvalue weighted by atomic mass is 9.76. The van der Waals surface area contributed by atoms with Crippen LogP contribution in [0.25, 0.3) is 0 Å². The molecule has 0 heterocycles. The van der Waals surface area contributed by atoms with E-state index in [0.717, 1.165) is 6.42 Å². The number of alkyl halides is 3. The Hall–Kier alpha value is -0.820. The summed E-state index contributed by atoms with van der Waals surface area (Å²) < 4.78 is 37.2. The Kier molecular flexibility index (Phi) is 8.25. The summed E-state index contributed by atoms with van der Waals surface area (Å²) in [6, 6.07) is 0. The van der Waals surface area contributed by atoms with E-state index in [0.29, 0.717) is 17.9 Å². The van der Waals surface area contributed by atoms with Crippen LogP contribution in [0.2, 0.25) is 0 Å². The molecule has 0 bridgehead atoms. The van der Waals surface area contributed by atoms with E-state index in [1.807, 2.05) is 20.8 Å². The molecule has 0 radical (unpaired) electrons. The molecule has 3 N–H and O–H groups in total. The largest absolute Gasteiger partial charge is 0.406 e. The van der Waals surface area contributed by atoms with Gasteiger partial charge >= 0.3 is 6.18 Å². The van der Waals surface area contributed by atoms with Gasteiger partial charge in [-0.25, -0.2) is 0 Å². The van der Waals surface area contributed by atoms with Crippen LogP contribution < -0.4 is 5.73 Å². The van der Waals surface area contributed by atoms with E-state index in [2.05, 4.69) is 0 Å². The number of aliphatic hydroxyl groups is 1. The predicted molar refractivity (Wildman–Crippen MR) is 75.6 cm³/mol. The summed E-state index contributed by atoms with van der Waals surface area (Å²) in [5.74, 6) is -0.402. The van der Waals surface area contributed by atoms with Gasteiger partial charge in [0.15, 0.2) is 0 Å². The summed E-state index contributed by atoms with van der Waals surface area (Å²) in [4.78, 5) is 12.6. The molecule has 0 aromatic rings. The summed E-state index contributed by atoms with van der Waals surface area (Å²) in [7, 11) is 0. The number of carbonyl (C=O) groups excluding carboxylic acids is 1. The number of amides is 1. The van der Waals surface area contributed by atoms with Crippen molar-refractivity contribution in [3.63, 3.8) is 0 Å². The maximum atomic E-state index is 12.4. The zero-order valence-electron chi connectivity index (χ0n) is 13.0. The topological polar surface area (TPSA) is 66.6 Å². The van der Waals surface area contributed by atoms with Crippen molar-refractivity contribution in [2.24, 2.45) is 17.1 Å². The summed E-state index contributed by atoms with van der Waals surface area (Å²) in [5.41, 5.74) is 5.50. The second-order valence-electron chi connectivity index (χ2n) is 6.33. The zero-order chi connectivity index (χ0) is 16.7. The van der Waals surface area contributed by atoms with Gasteiger partial charge in [-0.05, 0) is 30.7 Å². The van der Waals surface area contributed by atoms with Gasteiger partial charge in [0.2, 0.25) is 5.91 Å². The maximum Gasteiger partial charge on any atom is 0.406 e. The lowest BCUT2D eigenvalue weighted by Gasteiger charge is -2.31. The molecule has 0 aromatic heterocycles. The van der Waals surface area contributed by atoms with Crippen molar-refractivity contribution >= 4 is 5.91 Å². The van der Waals surface area contributed by atoms with Crippen molar-refractivity contribution in [3.05, 3.63) is 0 Å². The highest BCUT2D eigenvalue weighted by Crippen LogP contribution is 2.32. The first-order valence-corrected chi connectivity index (χ1v) is 7.16. The number of carbonyl (C=O) groups is 1. The highest BCUT2D eigenvalue weighted by atomic mass is 19.4. The van der Waals surface area contributed by atoms with E-state index in [4.69, 9.17) is 10.8 Å². The molecule has 0 aromatic carbocycles. The molecule has 4 nitrogen and oxygen atoms in total. The van der Waals surface area contributed by atoms with Crippen molar-refractivity contribution in [3.8, 4) is 0 Å². The lowest BCUT2D eigenvalue weighted by Crippen LogP contribution is -2.41. The number of hydrogen-bond acceptors (Lipinski definition) is 3. The Labute approximate surface area is 124 Å². The highest BCUT2D eigenvalue weighted by molar-refractivity contribution is 5.76. The minimum atomic E-state index is -4.45. The molecule has 0 fully saturated rings. The Balaban J connectivity index is 4.60. The number of nitrogens with two attached hydrogens (primary N) is 1. The average Bonchev–Trinajstić information content (AvgIpc) is 2.30. The molecule has 0 saturated heterocycles. The molecule has 0 aliphatic rings. The van der Waals surface area contributed by atoms with Crippen molar-refractivity contribution in [2.45, 2.75) is 46.2 Å². The van der Waals surface area contributed by atoms with Crippen LogP contribution in [0.15, 0.2) is 0 Å². The van der Waals surface area contributed by atoms with Crippen LogP contribution in [0, 0.1) is 11.3 Å². The normalized spacial score (nSPS) is 14.1. The van der Waals surface area contributed by atoms with Gasteiger partial charge in [0.05, 0.1) is 6.61 Å². The van der Waals surface area contributed by atoms with Crippen molar-refractivity contribution < 1.29 is 23.1 Å². The zero-order valence-corrected chi connectivity index (χ0v) is 13.0. The fraction of sp³-hybridized carbons (Fsp3) is 0.929. The van der Waals surface area contributed by atoms with Gasteiger partial charge in [-0.1, -0.05) is 20.8 Å². The standard InChI is InChI=1S/C14H27F3N2O2/c1-13(2,3)11(6-7-18)4-5-12(21)19(8-9-20)10-14(15,16)17/h11,20H,4-10,18H2,1-3H3. The molecule has 1 unspecified atom stereocenters. The van der Waals surface area contributed by atoms with Crippen molar-refractivity contribution in [1.82, 2.24) is 4.90 Å². The number of rotatable bonds is 8. The number of aliphatic hydroxyl groups excluding tert-OH is 1.